The molecule has 0 aromatic carbocycles. The molecule has 1 amide bonds. The van der Waals surface area contributed by atoms with E-state index in [1.54, 1.807) is 4.90 Å². The SMILES string of the molecule is CCOC1CCN(C(=O)c2n[nH]c(C)c2S(=O)(=O)Cl)CC1. The lowest BCUT2D eigenvalue weighted by Crippen LogP contribution is -2.41. The molecule has 2 rings (SSSR count). The molecule has 1 fully saturated rings. The smallest absolute Gasteiger partial charge is 0.275 e. The van der Waals surface area contributed by atoms with E-state index in [9.17, 15) is 13.2 Å². The largest absolute Gasteiger partial charge is 0.378 e. The Morgan fingerprint density at radius 2 is 2.10 bits per heavy atom. The van der Waals surface area contributed by atoms with Crippen molar-refractivity contribution in [3.05, 3.63) is 11.4 Å². The molecule has 2 heterocycles. The summed E-state index contributed by atoms with van der Waals surface area (Å²) in [6.07, 6.45) is 1.61. The maximum absolute atomic E-state index is 12.4. The van der Waals surface area contributed by atoms with E-state index >= 15 is 0 Å². The molecule has 0 atom stereocenters. The molecule has 0 bridgehead atoms. The van der Waals surface area contributed by atoms with Crippen molar-refractivity contribution in [2.45, 2.75) is 37.7 Å². The summed E-state index contributed by atoms with van der Waals surface area (Å²) in [6.45, 7) is 5.11. The molecule has 21 heavy (non-hydrogen) atoms. The van der Waals surface area contributed by atoms with Crippen LogP contribution in [0.4, 0.5) is 0 Å². The summed E-state index contributed by atoms with van der Waals surface area (Å²) in [5, 5.41) is 6.31. The van der Waals surface area contributed by atoms with Gasteiger partial charge in [-0.1, -0.05) is 0 Å². The van der Waals surface area contributed by atoms with Crippen LogP contribution in [0.1, 0.15) is 35.9 Å². The molecule has 9 heteroatoms. The zero-order valence-electron chi connectivity index (χ0n) is 11.9. The molecule has 118 valence electrons. The maximum atomic E-state index is 12.4. The topological polar surface area (TPSA) is 92.4 Å². The number of halogens is 1. The fourth-order valence-electron chi connectivity index (χ4n) is 2.47. The van der Waals surface area contributed by atoms with Crippen LogP contribution < -0.4 is 0 Å². The number of aryl methyl sites for hydroxylation is 1. The van der Waals surface area contributed by atoms with E-state index in [1.165, 1.54) is 6.92 Å². The molecular formula is C12H18ClN3O4S. The van der Waals surface area contributed by atoms with Crippen molar-refractivity contribution in [3.8, 4) is 0 Å². The number of hydrogen-bond donors (Lipinski definition) is 1. The Bertz CT molecular complexity index is 620. The minimum Gasteiger partial charge on any atom is -0.378 e. The van der Waals surface area contributed by atoms with Crippen LogP contribution in [0.2, 0.25) is 0 Å². The number of aromatic amines is 1. The van der Waals surface area contributed by atoms with Gasteiger partial charge < -0.3 is 9.64 Å². The van der Waals surface area contributed by atoms with Gasteiger partial charge in [0.25, 0.3) is 15.0 Å². The van der Waals surface area contributed by atoms with Gasteiger partial charge in [-0.05, 0) is 26.7 Å². The summed E-state index contributed by atoms with van der Waals surface area (Å²) >= 11 is 0. The van der Waals surface area contributed by atoms with Gasteiger partial charge in [-0.2, -0.15) is 5.10 Å². The first-order chi connectivity index (χ1) is 9.84. The molecule has 1 aliphatic rings. The van der Waals surface area contributed by atoms with Crippen LogP contribution in [-0.2, 0) is 13.8 Å². The average molecular weight is 336 g/mol. The van der Waals surface area contributed by atoms with Gasteiger partial charge in [-0.25, -0.2) is 8.42 Å². The van der Waals surface area contributed by atoms with Gasteiger partial charge in [-0.15, -0.1) is 0 Å². The lowest BCUT2D eigenvalue weighted by atomic mass is 10.1. The number of hydrogen-bond acceptors (Lipinski definition) is 5. The van der Waals surface area contributed by atoms with Crippen molar-refractivity contribution in [2.75, 3.05) is 19.7 Å². The van der Waals surface area contributed by atoms with Crippen molar-refractivity contribution < 1.29 is 17.9 Å². The van der Waals surface area contributed by atoms with Gasteiger partial charge in [0.1, 0.15) is 4.90 Å². The Balaban J connectivity index is 2.16. The van der Waals surface area contributed by atoms with Gasteiger partial charge >= 0.3 is 0 Å². The highest BCUT2D eigenvalue weighted by molar-refractivity contribution is 8.13. The minimum atomic E-state index is -4.02. The Labute approximate surface area is 128 Å². The monoisotopic (exact) mass is 335 g/mol. The molecule has 1 aromatic heterocycles. The molecule has 0 radical (unpaired) electrons. The van der Waals surface area contributed by atoms with Crippen LogP contribution in [0.25, 0.3) is 0 Å². The van der Waals surface area contributed by atoms with E-state index in [0.29, 0.717) is 19.7 Å². The molecule has 0 spiro atoms. The van der Waals surface area contributed by atoms with Gasteiger partial charge in [0, 0.05) is 30.4 Å². The van der Waals surface area contributed by atoms with E-state index in [4.69, 9.17) is 15.4 Å². The summed E-state index contributed by atoms with van der Waals surface area (Å²) in [7, 11) is 1.36. The highest BCUT2D eigenvalue weighted by Gasteiger charge is 2.31. The predicted octanol–water partition coefficient (Wildman–Crippen LogP) is 1.29. The number of rotatable bonds is 4. The lowest BCUT2D eigenvalue weighted by Gasteiger charge is -2.31. The van der Waals surface area contributed by atoms with Crippen LogP contribution in [0, 0.1) is 6.92 Å². The van der Waals surface area contributed by atoms with Crippen LogP contribution >= 0.6 is 10.7 Å². The van der Waals surface area contributed by atoms with Crippen molar-refractivity contribution in [2.24, 2.45) is 0 Å². The molecule has 0 aliphatic carbocycles. The Kier molecular flexibility index (Phi) is 4.90. The first-order valence-electron chi connectivity index (χ1n) is 6.75. The number of likely N-dealkylation sites (tertiary alicyclic amines) is 1. The molecule has 0 saturated carbocycles. The summed E-state index contributed by atoms with van der Waals surface area (Å²) in [5.74, 6) is -0.423. The third kappa shape index (κ3) is 3.56. The first-order valence-corrected chi connectivity index (χ1v) is 9.06. The predicted molar refractivity (Wildman–Crippen MR) is 76.9 cm³/mol. The van der Waals surface area contributed by atoms with E-state index < -0.39 is 15.0 Å². The van der Waals surface area contributed by atoms with Crippen molar-refractivity contribution >= 4 is 25.6 Å². The van der Waals surface area contributed by atoms with E-state index in [0.717, 1.165) is 12.8 Å². The van der Waals surface area contributed by atoms with E-state index in [2.05, 4.69) is 10.2 Å². The quantitative estimate of drug-likeness (QED) is 0.837. The highest BCUT2D eigenvalue weighted by Crippen LogP contribution is 2.24. The third-order valence-electron chi connectivity index (χ3n) is 3.47. The fourth-order valence-corrected chi connectivity index (χ4v) is 3.81. The molecular weight excluding hydrogens is 318 g/mol. The standard InChI is InChI=1S/C12H18ClN3O4S/c1-3-20-9-4-6-16(7-5-9)12(17)10-11(21(13,18)19)8(2)14-15-10/h9H,3-7H2,1-2H3,(H,14,15). The van der Waals surface area contributed by atoms with Crippen LogP contribution in [0.5, 0.6) is 0 Å². The summed E-state index contributed by atoms with van der Waals surface area (Å²) in [4.78, 5) is 13.8. The number of carbonyl (C=O) groups is 1. The minimum absolute atomic E-state index is 0.141. The zero-order valence-corrected chi connectivity index (χ0v) is 13.5. The number of ether oxygens (including phenoxy) is 1. The second-order valence-electron chi connectivity index (χ2n) is 4.91. The summed E-state index contributed by atoms with van der Waals surface area (Å²) in [5.41, 5.74) is 0.120. The number of carbonyl (C=O) groups excluding carboxylic acids is 1. The number of H-pyrrole nitrogens is 1. The molecule has 1 N–H and O–H groups in total. The molecule has 1 aromatic rings. The fraction of sp³-hybridized carbons (Fsp3) is 0.667. The Hall–Kier alpha value is -1.12. The second kappa shape index (κ2) is 6.33. The number of aromatic nitrogens is 2. The van der Waals surface area contributed by atoms with Gasteiger partial charge in [0.2, 0.25) is 0 Å². The summed E-state index contributed by atoms with van der Waals surface area (Å²) in [6, 6.07) is 0. The normalized spacial score (nSPS) is 17.2. The summed E-state index contributed by atoms with van der Waals surface area (Å²) < 4.78 is 28.7. The van der Waals surface area contributed by atoms with Crippen molar-refractivity contribution in [3.63, 3.8) is 0 Å². The number of piperidine rings is 1. The molecule has 1 aliphatic heterocycles. The van der Waals surface area contributed by atoms with Crippen LogP contribution in [-0.4, -0.2) is 55.2 Å². The molecule has 7 nitrogen and oxygen atoms in total. The van der Waals surface area contributed by atoms with E-state index in [-0.39, 0.29) is 22.4 Å². The Morgan fingerprint density at radius 3 is 2.62 bits per heavy atom. The lowest BCUT2D eigenvalue weighted by molar-refractivity contribution is 0.0143. The number of nitrogens with one attached hydrogen (secondary N) is 1. The van der Waals surface area contributed by atoms with Crippen LogP contribution in [0.3, 0.4) is 0 Å². The third-order valence-corrected chi connectivity index (χ3v) is 4.92. The average Bonchev–Trinajstić information content (AvgIpc) is 2.81. The molecule has 0 unspecified atom stereocenters. The van der Waals surface area contributed by atoms with Gasteiger partial charge in [0.15, 0.2) is 5.69 Å². The highest BCUT2D eigenvalue weighted by atomic mass is 35.7. The van der Waals surface area contributed by atoms with Crippen molar-refractivity contribution in [1.82, 2.24) is 15.1 Å². The van der Waals surface area contributed by atoms with Gasteiger partial charge in [-0.3, -0.25) is 9.89 Å². The number of nitrogens with zero attached hydrogens (tertiary/aromatic N) is 2. The number of amides is 1. The van der Waals surface area contributed by atoms with Crippen LogP contribution in [0.15, 0.2) is 4.90 Å². The van der Waals surface area contributed by atoms with Gasteiger partial charge in [0.05, 0.1) is 11.8 Å². The van der Waals surface area contributed by atoms with Crippen molar-refractivity contribution in [1.29, 1.82) is 0 Å². The van der Waals surface area contributed by atoms with E-state index in [1.807, 2.05) is 6.92 Å². The Morgan fingerprint density at radius 1 is 1.48 bits per heavy atom. The molecule has 1 saturated heterocycles. The first kappa shape index (κ1) is 16.3. The zero-order chi connectivity index (χ0) is 15.6. The maximum Gasteiger partial charge on any atom is 0.275 e. The second-order valence-corrected chi connectivity index (χ2v) is 7.41.